The van der Waals surface area contributed by atoms with Crippen molar-refractivity contribution < 1.29 is 4.79 Å². The van der Waals surface area contributed by atoms with Gasteiger partial charge in [0.15, 0.2) is 0 Å². The fourth-order valence-corrected chi connectivity index (χ4v) is 3.41. The highest BCUT2D eigenvalue weighted by molar-refractivity contribution is 6.30. The molecule has 0 spiro atoms. The SMILES string of the molecule is CNC(=O)C(C)(Cc1ccc(Cl)cc1)C1CCCC1. The van der Waals surface area contributed by atoms with Gasteiger partial charge in [-0.05, 0) is 42.9 Å². The zero-order valence-corrected chi connectivity index (χ0v) is 12.5. The quantitative estimate of drug-likeness (QED) is 0.892. The van der Waals surface area contributed by atoms with E-state index >= 15 is 0 Å². The van der Waals surface area contributed by atoms with E-state index in [0.29, 0.717) is 5.92 Å². The van der Waals surface area contributed by atoms with Crippen LogP contribution in [0.2, 0.25) is 5.02 Å². The molecule has 0 aromatic heterocycles. The van der Waals surface area contributed by atoms with Crippen molar-refractivity contribution in [3.63, 3.8) is 0 Å². The minimum atomic E-state index is -0.306. The van der Waals surface area contributed by atoms with Crippen molar-refractivity contribution in [2.75, 3.05) is 7.05 Å². The van der Waals surface area contributed by atoms with E-state index < -0.39 is 0 Å². The summed E-state index contributed by atoms with van der Waals surface area (Å²) in [5.74, 6) is 0.650. The standard InChI is InChI=1S/C16H22ClNO/c1-16(15(19)18-2,13-5-3-4-6-13)11-12-7-9-14(17)10-8-12/h7-10,13H,3-6,11H2,1-2H3,(H,18,19). The van der Waals surface area contributed by atoms with Crippen LogP contribution < -0.4 is 5.32 Å². The van der Waals surface area contributed by atoms with Gasteiger partial charge in [-0.2, -0.15) is 0 Å². The average Bonchev–Trinajstić information content (AvgIpc) is 2.95. The first-order valence-corrected chi connectivity index (χ1v) is 7.40. The molecule has 1 aromatic rings. The fourth-order valence-electron chi connectivity index (χ4n) is 3.28. The van der Waals surface area contributed by atoms with Crippen LogP contribution in [0.1, 0.15) is 38.2 Å². The lowest BCUT2D eigenvalue weighted by atomic mass is 9.71. The number of carbonyl (C=O) groups excluding carboxylic acids is 1. The molecular formula is C16H22ClNO. The van der Waals surface area contributed by atoms with Crippen LogP contribution in [0.3, 0.4) is 0 Å². The summed E-state index contributed by atoms with van der Waals surface area (Å²) in [4.78, 5) is 12.4. The van der Waals surface area contributed by atoms with Gasteiger partial charge in [0.25, 0.3) is 0 Å². The predicted molar refractivity (Wildman–Crippen MR) is 79.3 cm³/mol. The third-order valence-corrected chi connectivity index (χ3v) is 4.74. The van der Waals surface area contributed by atoms with Gasteiger partial charge >= 0.3 is 0 Å². The highest BCUT2D eigenvalue weighted by Gasteiger charge is 2.41. The molecule has 0 bridgehead atoms. The summed E-state index contributed by atoms with van der Waals surface area (Å²) in [6, 6.07) is 7.85. The lowest BCUT2D eigenvalue weighted by Gasteiger charge is -2.34. The van der Waals surface area contributed by atoms with Gasteiger partial charge in [0, 0.05) is 12.1 Å². The molecule has 19 heavy (non-hydrogen) atoms. The summed E-state index contributed by atoms with van der Waals surface area (Å²) in [5, 5.41) is 3.59. The van der Waals surface area contributed by atoms with Crippen molar-refractivity contribution in [2.45, 2.75) is 39.0 Å². The second-order valence-electron chi connectivity index (χ2n) is 5.78. The summed E-state index contributed by atoms with van der Waals surface area (Å²) in [6.45, 7) is 2.11. The van der Waals surface area contributed by atoms with Crippen LogP contribution in [0, 0.1) is 11.3 Å². The maximum absolute atomic E-state index is 12.4. The zero-order chi connectivity index (χ0) is 13.9. The Morgan fingerprint density at radius 1 is 1.32 bits per heavy atom. The van der Waals surface area contributed by atoms with E-state index in [1.165, 1.54) is 18.4 Å². The largest absolute Gasteiger partial charge is 0.359 e. The molecule has 1 unspecified atom stereocenters. The highest BCUT2D eigenvalue weighted by atomic mass is 35.5. The molecule has 1 saturated carbocycles. The third-order valence-electron chi connectivity index (χ3n) is 4.49. The molecule has 104 valence electrons. The highest BCUT2D eigenvalue weighted by Crippen LogP contribution is 2.42. The molecular weight excluding hydrogens is 258 g/mol. The van der Waals surface area contributed by atoms with E-state index in [1.54, 1.807) is 7.05 Å². The Kier molecular flexibility index (Phi) is 4.51. The van der Waals surface area contributed by atoms with Crippen LogP contribution in [0.5, 0.6) is 0 Å². The molecule has 0 saturated heterocycles. The molecule has 2 rings (SSSR count). The van der Waals surface area contributed by atoms with Gasteiger partial charge in [-0.1, -0.05) is 43.5 Å². The number of nitrogens with one attached hydrogen (secondary N) is 1. The van der Waals surface area contributed by atoms with Crippen LogP contribution in [-0.2, 0) is 11.2 Å². The number of hydrogen-bond acceptors (Lipinski definition) is 1. The monoisotopic (exact) mass is 279 g/mol. The maximum Gasteiger partial charge on any atom is 0.226 e. The summed E-state index contributed by atoms with van der Waals surface area (Å²) in [5.41, 5.74) is 0.876. The van der Waals surface area contributed by atoms with Gasteiger partial charge in [0.2, 0.25) is 5.91 Å². The van der Waals surface area contributed by atoms with Crippen molar-refractivity contribution >= 4 is 17.5 Å². The van der Waals surface area contributed by atoms with Crippen molar-refractivity contribution in [2.24, 2.45) is 11.3 Å². The predicted octanol–water partition coefficient (Wildman–Crippen LogP) is 3.83. The Morgan fingerprint density at radius 2 is 1.89 bits per heavy atom. The Bertz CT molecular complexity index is 437. The van der Waals surface area contributed by atoms with Crippen LogP contribution >= 0.6 is 11.6 Å². The molecule has 1 fully saturated rings. The molecule has 3 heteroatoms. The Hall–Kier alpha value is -1.02. The minimum absolute atomic E-state index is 0.161. The number of halogens is 1. The normalized spacial score (nSPS) is 19.1. The average molecular weight is 280 g/mol. The van der Waals surface area contributed by atoms with Gasteiger partial charge < -0.3 is 5.32 Å². The minimum Gasteiger partial charge on any atom is -0.359 e. The van der Waals surface area contributed by atoms with E-state index in [1.807, 2.05) is 24.3 Å². The van der Waals surface area contributed by atoms with Gasteiger partial charge in [0.05, 0.1) is 5.41 Å². The molecule has 1 amide bonds. The number of amides is 1. The van der Waals surface area contributed by atoms with Gasteiger partial charge in [-0.3, -0.25) is 4.79 Å². The molecule has 0 heterocycles. The van der Waals surface area contributed by atoms with Crippen LogP contribution in [0.15, 0.2) is 24.3 Å². The lowest BCUT2D eigenvalue weighted by molar-refractivity contribution is -0.132. The number of benzene rings is 1. The number of hydrogen-bond donors (Lipinski definition) is 1. The van der Waals surface area contributed by atoms with E-state index in [2.05, 4.69) is 12.2 Å². The first-order valence-electron chi connectivity index (χ1n) is 7.03. The summed E-state index contributed by atoms with van der Waals surface area (Å²) >= 11 is 5.92. The maximum atomic E-state index is 12.4. The molecule has 1 atom stereocenters. The molecule has 1 aliphatic rings. The zero-order valence-electron chi connectivity index (χ0n) is 11.7. The molecule has 1 aliphatic carbocycles. The topological polar surface area (TPSA) is 29.1 Å². The molecule has 2 nitrogen and oxygen atoms in total. The van der Waals surface area contributed by atoms with Crippen LogP contribution in [-0.4, -0.2) is 13.0 Å². The van der Waals surface area contributed by atoms with Crippen LogP contribution in [0.4, 0.5) is 0 Å². The van der Waals surface area contributed by atoms with Crippen molar-refractivity contribution in [1.82, 2.24) is 5.32 Å². The number of carbonyl (C=O) groups is 1. The molecule has 0 radical (unpaired) electrons. The van der Waals surface area contributed by atoms with Crippen molar-refractivity contribution in [3.8, 4) is 0 Å². The Labute approximate surface area is 120 Å². The fraction of sp³-hybridized carbons (Fsp3) is 0.562. The van der Waals surface area contributed by atoms with E-state index in [4.69, 9.17) is 11.6 Å². The summed E-state index contributed by atoms with van der Waals surface area (Å²) in [7, 11) is 1.73. The Balaban J connectivity index is 2.22. The second-order valence-corrected chi connectivity index (χ2v) is 6.22. The van der Waals surface area contributed by atoms with Crippen LogP contribution in [0.25, 0.3) is 0 Å². The number of rotatable bonds is 4. The van der Waals surface area contributed by atoms with Gasteiger partial charge in [0.1, 0.15) is 0 Å². The van der Waals surface area contributed by atoms with E-state index in [9.17, 15) is 4.79 Å². The second kappa shape index (κ2) is 5.96. The van der Waals surface area contributed by atoms with E-state index in [0.717, 1.165) is 24.3 Å². The van der Waals surface area contributed by atoms with Gasteiger partial charge in [-0.25, -0.2) is 0 Å². The smallest absolute Gasteiger partial charge is 0.226 e. The third kappa shape index (κ3) is 3.11. The molecule has 0 aliphatic heterocycles. The van der Waals surface area contributed by atoms with Gasteiger partial charge in [-0.15, -0.1) is 0 Å². The Morgan fingerprint density at radius 3 is 2.42 bits per heavy atom. The summed E-state index contributed by atoms with van der Waals surface area (Å²) in [6.07, 6.45) is 5.61. The molecule has 1 N–H and O–H groups in total. The first kappa shape index (κ1) is 14.4. The first-order chi connectivity index (χ1) is 9.06. The molecule has 1 aromatic carbocycles. The summed E-state index contributed by atoms with van der Waals surface area (Å²) < 4.78 is 0. The lowest BCUT2D eigenvalue weighted by Crippen LogP contribution is -2.43. The van der Waals surface area contributed by atoms with E-state index in [-0.39, 0.29) is 11.3 Å². The van der Waals surface area contributed by atoms with Crippen molar-refractivity contribution in [3.05, 3.63) is 34.9 Å². The van der Waals surface area contributed by atoms with Crippen molar-refractivity contribution in [1.29, 1.82) is 0 Å².